The van der Waals surface area contributed by atoms with E-state index in [4.69, 9.17) is 0 Å². The van der Waals surface area contributed by atoms with Gasteiger partial charge < -0.3 is 4.90 Å². The van der Waals surface area contributed by atoms with E-state index < -0.39 is 0 Å². The Morgan fingerprint density at radius 1 is 1.20 bits per heavy atom. The number of benzene rings is 1. The van der Waals surface area contributed by atoms with Crippen molar-refractivity contribution in [3.05, 3.63) is 29.8 Å². The molecule has 0 saturated carbocycles. The van der Waals surface area contributed by atoms with E-state index in [-0.39, 0.29) is 0 Å². The molecule has 0 aromatic heterocycles. The highest BCUT2D eigenvalue weighted by Gasteiger charge is 2.25. The topological polar surface area (TPSA) is 3.24 Å². The lowest BCUT2D eigenvalue weighted by atomic mass is 9.96. The van der Waals surface area contributed by atoms with Crippen LogP contribution >= 0.6 is 11.8 Å². The molecule has 1 saturated heterocycles. The lowest BCUT2D eigenvalue weighted by Crippen LogP contribution is -2.30. The first-order chi connectivity index (χ1) is 9.86. The van der Waals surface area contributed by atoms with Crippen LogP contribution in [0, 0.1) is 5.92 Å². The van der Waals surface area contributed by atoms with E-state index in [0.717, 1.165) is 11.8 Å². The minimum Gasteiger partial charge on any atom is -0.303 e. The van der Waals surface area contributed by atoms with Gasteiger partial charge in [0.15, 0.2) is 0 Å². The van der Waals surface area contributed by atoms with Crippen LogP contribution in [-0.2, 0) is 0 Å². The Morgan fingerprint density at radius 2 is 2.10 bits per heavy atom. The number of rotatable bonds is 4. The fourth-order valence-electron chi connectivity index (χ4n) is 3.80. The predicted molar refractivity (Wildman–Crippen MR) is 88.6 cm³/mol. The van der Waals surface area contributed by atoms with E-state index in [2.05, 4.69) is 47.9 Å². The second-order valence-corrected chi connectivity index (χ2v) is 7.49. The van der Waals surface area contributed by atoms with E-state index in [1.165, 1.54) is 62.4 Å². The average Bonchev–Trinajstić information content (AvgIpc) is 2.74. The zero-order chi connectivity index (χ0) is 13.8. The fourth-order valence-corrected chi connectivity index (χ4v) is 5.04. The molecule has 2 atom stereocenters. The van der Waals surface area contributed by atoms with E-state index in [1.807, 2.05) is 0 Å². The summed E-state index contributed by atoms with van der Waals surface area (Å²) >= 11 is 2.05. The van der Waals surface area contributed by atoms with Crippen LogP contribution in [0.3, 0.4) is 0 Å². The van der Waals surface area contributed by atoms with Gasteiger partial charge in [-0.3, -0.25) is 0 Å². The largest absolute Gasteiger partial charge is 0.303 e. The number of thioether (sulfide) groups is 1. The van der Waals surface area contributed by atoms with Crippen molar-refractivity contribution in [3.8, 4) is 0 Å². The minimum absolute atomic E-state index is 0.763. The van der Waals surface area contributed by atoms with E-state index >= 15 is 0 Å². The summed E-state index contributed by atoms with van der Waals surface area (Å²) < 4.78 is 0. The van der Waals surface area contributed by atoms with E-state index in [1.54, 1.807) is 5.56 Å². The second-order valence-electron chi connectivity index (χ2n) is 6.43. The van der Waals surface area contributed by atoms with Crippen LogP contribution < -0.4 is 0 Å². The third-order valence-corrected chi connectivity index (χ3v) is 6.17. The summed E-state index contributed by atoms with van der Waals surface area (Å²) in [4.78, 5) is 4.26. The van der Waals surface area contributed by atoms with Crippen LogP contribution in [0.4, 0.5) is 0 Å². The smallest absolute Gasteiger partial charge is 0.0108 e. The maximum atomic E-state index is 2.74. The summed E-state index contributed by atoms with van der Waals surface area (Å²) in [6.45, 7) is 6.26. The highest BCUT2D eigenvalue weighted by atomic mass is 32.2. The molecule has 0 radical (unpaired) electrons. The quantitative estimate of drug-likeness (QED) is 0.785. The Hall–Kier alpha value is -0.470. The van der Waals surface area contributed by atoms with Gasteiger partial charge in [-0.05, 0) is 49.9 Å². The number of likely N-dealkylation sites (tertiary alicyclic amines) is 1. The van der Waals surface area contributed by atoms with Gasteiger partial charge in [-0.1, -0.05) is 38.0 Å². The number of nitrogens with zero attached hydrogens (tertiary/aromatic N) is 1. The summed E-state index contributed by atoms with van der Waals surface area (Å²) in [7, 11) is 0. The summed E-state index contributed by atoms with van der Waals surface area (Å²) in [6.07, 6.45) is 7.09. The zero-order valence-corrected chi connectivity index (χ0v) is 13.5. The molecular weight excluding hydrogens is 262 g/mol. The van der Waals surface area contributed by atoms with Gasteiger partial charge in [0.2, 0.25) is 0 Å². The monoisotopic (exact) mass is 289 g/mol. The van der Waals surface area contributed by atoms with Crippen molar-refractivity contribution in [2.75, 3.05) is 25.4 Å². The van der Waals surface area contributed by atoms with Gasteiger partial charge in [0.05, 0.1) is 0 Å². The molecule has 0 aliphatic carbocycles. The molecule has 1 fully saturated rings. The molecule has 0 bridgehead atoms. The number of fused-ring (bicyclic) bond motifs is 1. The highest BCUT2D eigenvalue weighted by Crippen LogP contribution is 2.39. The fraction of sp³-hybridized carbons (Fsp3) is 0.667. The molecule has 2 unspecified atom stereocenters. The molecule has 0 spiro atoms. The minimum atomic E-state index is 0.763. The van der Waals surface area contributed by atoms with Gasteiger partial charge in [0.1, 0.15) is 0 Å². The van der Waals surface area contributed by atoms with Crippen molar-refractivity contribution in [1.29, 1.82) is 0 Å². The first-order valence-electron chi connectivity index (χ1n) is 8.31. The van der Waals surface area contributed by atoms with Crippen LogP contribution in [0.15, 0.2) is 29.2 Å². The van der Waals surface area contributed by atoms with Crippen molar-refractivity contribution in [3.63, 3.8) is 0 Å². The Bertz CT molecular complexity index is 431. The third-order valence-electron chi connectivity index (χ3n) is 4.91. The Kier molecular flexibility index (Phi) is 5.06. The SMILES string of the molecule is CCCC1CCCN(CC2CSc3ccccc32)CC1. The van der Waals surface area contributed by atoms with E-state index in [0.29, 0.717) is 0 Å². The van der Waals surface area contributed by atoms with Gasteiger partial charge in [0, 0.05) is 23.1 Å². The van der Waals surface area contributed by atoms with Gasteiger partial charge in [-0.25, -0.2) is 0 Å². The first kappa shape index (κ1) is 14.5. The predicted octanol–water partition coefficient (Wildman–Crippen LogP) is 4.78. The molecule has 0 amide bonds. The molecule has 2 heterocycles. The molecule has 0 N–H and O–H groups in total. The average molecular weight is 289 g/mol. The van der Waals surface area contributed by atoms with Gasteiger partial charge in [0.25, 0.3) is 0 Å². The first-order valence-corrected chi connectivity index (χ1v) is 9.29. The molecule has 1 aromatic rings. The second kappa shape index (κ2) is 7.00. The molecule has 2 heteroatoms. The number of hydrogen-bond acceptors (Lipinski definition) is 2. The van der Waals surface area contributed by atoms with Crippen molar-refractivity contribution in [2.24, 2.45) is 5.92 Å². The van der Waals surface area contributed by atoms with Crippen molar-refractivity contribution in [1.82, 2.24) is 4.90 Å². The van der Waals surface area contributed by atoms with Crippen LogP contribution in [0.5, 0.6) is 0 Å². The van der Waals surface area contributed by atoms with Crippen molar-refractivity contribution in [2.45, 2.75) is 49.8 Å². The summed E-state index contributed by atoms with van der Waals surface area (Å²) in [5, 5.41) is 0. The van der Waals surface area contributed by atoms with Crippen LogP contribution in [0.2, 0.25) is 0 Å². The van der Waals surface area contributed by atoms with Gasteiger partial charge in [-0.2, -0.15) is 0 Å². The molecule has 1 nitrogen and oxygen atoms in total. The Morgan fingerprint density at radius 3 is 3.00 bits per heavy atom. The normalized spacial score (nSPS) is 27.2. The summed E-state index contributed by atoms with van der Waals surface area (Å²) in [6, 6.07) is 9.02. The van der Waals surface area contributed by atoms with Gasteiger partial charge in [-0.15, -0.1) is 11.8 Å². The molecule has 3 rings (SSSR count). The third kappa shape index (κ3) is 3.40. The Balaban J connectivity index is 1.56. The Labute approximate surface area is 128 Å². The molecule has 110 valence electrons. The maximum Gasteiger partial charge on any atom is 0.0108 e. The highest BCUT2D eigenvalue weighted by molar-refractivity contribution is 7.99. The molecular formula is C18H27NS. The molecule has 1 aromatic carbocycles. The van der Waals surface area contributed by atoms with Crippen LogP contribution in [0.1, 0.15) is 50.5 Å². The zero-order valence-electron chi connectivity index (χ0n) is 12.7. The summed E-state index contributed by atoms with van der Waals surface area (Å²) in [5.41, 5.74) is 1.60. The lowest BCUT2D eigenvalue weighted by molar-refractivity contribution is 0.267. The lowest BCUT2D eigenvalue weighted by Gasteiger charge is -2.24. The maximum absolute atomic E-state index is 2.74. The van der Waals surface area contributed by atoms with Crippen LogP contribution in [-0.4, -0.2) is 30.3 Å². The summed E-state index contributed by atoms with van der Waals surface area (Å²) in [5.74, 6) is 3.04. The molecule has 20 heavy (non-hydrogen) atoms. The van der Waals surface area contributed by atoms with E-state index in [9.17, 15) is 0 Å². The molecule has 2 aliphatic rings. The van der Waals surface area contributed by atoms with Crippen molar-refractivity contribution >= 4 is 11.8 Å². The van der Waals surface area contributed by atoms with Crippen LogP contribution in [0.25, 0.3) is 0 Å². The molecule has 2 aliphatic heterocycles. The van der Waals surface area contributed by atoms with Gasteiger partial charge >= 0.3 is 0 Å². The van der Waals surface area contributed by atoms with Crippen molar-refractivity contribution < 1.29 is 0 Å². The standard InChI is InChI=1S/C18H27NS/c1-2-6-15-7-5-11-19(12-10-15)13-16-14-20-18-9-4-3-8-17(16)18/h3-4,8-9,15-16H,2,5-7,10-14H2,1H3. The number of hydrogen-bond donors (Lipinski definition) is 0.